The lowest BCUT2D eigenvalue weighted by molar-refractivity contribution is 0.692. The van der Waals surface area contributed by atoms with Crippen LogP contribution in [0, 0.1) is 3.57 Å². The molecular formula is C12H14IN3. The number of benzene rings is 1. The lowest BCUT2D eigenvalue weighted by atomic mass is 10.2. The molecule has 0 radical (unpaired) electrons. The van der Waals surface area contributed by atoms with Crippen LogP contribution in [0.3, 0.4) is 0 Å². The van der Waals surface area contributed by atoms with Gasteiger partial charge in [-0.25, -0.2) is 0 Å². The van der Waals surface area contributed by atoms with Crippen LogP contribution >= 0.6 is 22.6 Å². The molecule has 4 heteroatoms. The Kier molecular flexibility index (Phi) is 3.95. The molecule has 2 rings (SSSR count). The first-order valence-electron chi connectivity index (χ1n) is 5.17. The van der Waals surface area contributed by atoms with E-state index in [1.807, 2.05) is 24.1 Å². The molecule has 0 unspecified atom stereocenters. The number of nitrogens with zero attached hydrogens (tertiary/aromatic N) is 2. The van der Waals surface area contributed by atoms with Gasteiger partial charge in [0.2, 0.25) is 0 Å². The molecule has 0 fully saturated rings. The first kappa shape index (κ1) is 11.6. The van der Waals surface area contributed by atoms with Crippen LogP contribution in [0.4, 0.5) is 0 Å². The summed E-state index contributed by atoms with van der Waals surface area (Å²) in [4.78, 5) is 0. The molecule has 0 spiro atoms. The standard InChI is InChI=1S/C12H14IN3/c1-16-9-11(8-15-16)7-14-6-10-2-4-12(13)5-3-10/h2-5,8-9,14H,6-7H2,1H3. The van der Waals surface area contributed by atoms with Gasteiger partial charge in [0.05, 0.1) is 6.20 Å². The van der Waals surface area contributed by atoms with Gasteiger partial charge in [-0.3, -0.25) is 4.68 Å². The zero-order valence-corrected chi connectivity index (χ0v) is 11.3. The lowest BCUT2D eigenvalue weighted by Crippen LogP contribution is -2.12. The fourth-order valence-electron chi connectivity index (χ4n) is 1.52. The minimum atomic E-state index is 0.861. The first-order chi connectivity index (χ1) is 7.74. The van der Waals surface area contributed by atoms with E-state index in [1.54, 1.807) is 0 Å². The Labute approximate surface area is 109 Å². The average Bonchev–Trinajstić information content (AvgIpc) is 2.67. The Morgan fingerprint density at radius 1 is 1.19 bits per heavy atom. The van der Waals surface area contributed by atoms with E-state index < -0.39 is 0 Å². The third-order valence-electron chi connectivity index (χ3n) is 2.33. The third kappa shape index (κ3) is 3.31. The smallest absolute Gasteiger partial charge is 0.0534 e. The zero-order valence-electron chi connectivity index (χ0n) is 9.15. The molecule has 1 N–H and O–H groups in total. The van der Waals surface area contributed by atoms with Crippen molar-refractivity contribution in [1.82, 2.24) is 15.1 Å². The van der Waals surface area contributed by atoms with E-state index in [0.717, 1.165) is 13.1 Å². The highest BCUT2D eigenvalue weighted by atomic mass is 127. The van der Waals surface area contributed by atoms with Crippen LogP contribution in [0.2, 0.25) is 0 Å². The van der Waals surface area contributed by atoms with Crippen molar-refractivity contribution in [2.24, 2.45) is 7.05 Å². The Morgan fingerprint density at radius 2 is 1.88 bits per heavy atom. The molecule has 0 aliphatic carbocycles. The quantitative estimate of drug-likeness (QED) is 0.874. The number of halogens is 1. The summed E-state index contributed by atoms with van der Waals surface area (Å²) in [5, 5.41) is 7.52. The first-order valence-corrected chi connectivity index (χ1v) is 6.24. The van der Waals surface area contributed by atoms with Gasteiger partial charge < -0.3 is 5.32 Å². The summed E-state index contributed by atoms with van der Waals surface area (Å²) in [5.41, 5.74) is 2.53. The van der Waals surface area contributed by atoms with Crippen LogP contribution in [-0.4, -0.2) is 9.78 Å². The fourth-order valence-corrected chi connectivity index (χ4v) is 1.88. The molecule has 84 valence electrons. The van der Waals surface area contributed by atoms with Gasteiger partial charge in [0.1, 0.15) is 0 Å². The minimum Gasteiger partial charge on any atom is -0.309 e. The van der Waals surface area contributed by atoms with E-state index in [-0.39, 0.29) is 0 Å². The van der Waals surface area contributed by atoms with Crippen LogP contribution in [0.15, 0.2) is 36.7 Å². The van der Waals surface area contributed by atoms with Gasteiger partial charge in [0, 0.05) is 35.5 Å². The van der Waals surface area contributed by atoms with Crippen molar-refractivity contribution >= 4 is 22.6 Å². The summed E-state index contributed by atoms with van der Waals surface area (Å²) in [6.45, 7) is 1.76. The number of aryl methyl sites for hydroxylation is 1. The maximum atomic E-state index is 4.13. The van der Waals surface area contributed by atoms with Crippen molar-refractivity contribution in [3.63, 3.8) is 0 Å². The van der Waals surface area contributed by atoms with E-state index in [2.05, 4.69) is 57.3 Å². The Balaban J connectivity index is 1.82. The largest absolute Gasteiger partial charge is 0.309 e. The third-order valence-corrected chi connectivity index (χ3v) is 3.05. The van der Waals surface area contributed by atoms with Crippen molar-refractivity contribution < 1.29 is 0 Å². The molecule has 0 saturated carbocycles. The SMILES string of the molecule is Cn1cc(CNCc2ccc(I)cc2)cn1. The molecule has 0 aliphatic heterocycles. The molecule has 0 bridgehead atoms. The molecule has 0 amide bonds. The fraction of sp³-hybridized carbons (Fsp3) is 0.250. The summed E-state index contributed by atoms with van der Waals surface area (Å²) in [7, 11) is 1.93. The van der Waals surface area contributed by atoms with Crippen molar-refractivity contribution in [3.05, 3.63) is 51.4 Å². The maximum Gasteiger partial charge on any atom is 0.0534 e. The number of rotatable bonds is 4. The van der Waals surface area contributed by atoms with Crippen molar-refractivity contribution in [1.29, 1.82) is 0 Å². The molecule has 3 nitrogen and oxygen atoms in total. The van der Waals surface area contributed by atoms with Crippen LogP contribution in [0.5, 0.6) is 0 Å². The molecule has 16 heavy (non-hydrogen) atoms. The van der Waals surface area contributed by atoms with Gasteiger partial charge >= 0.3 is 0 Å². The molecule has 2 aromatic rings. The number of hydrogen-bond acceptors (Lipinski definition) is 2. The predicted octanol–water partition coefficient (Wildman–Crippen LogP) is 2.31. The van der Waals surface area contributed by atoms with Crippen LogP contribution in [0.25, 0.3) is 0 Å². The topological polar surface area (TPSA) is 29.9 Å². The van der Waals surface area contributed by atoms with Crippen LogP contribution in [0.1, 0.15) is 11.1 Å². The summed E-state index contributed by atoms with van der Waals surface area (Å²) >= 11 is 2.31. The second-order valence-electron chi connectivity index (χ2n) is 3.75. The Morgan fingerprint density at radius 3 is 2.50 bits per heavy atom. The van der Waals surface area contributed by atoms with Gasteiger partial charge in [-0.2, -0.15) is 5.10 Å². The lowest BCUT2D eigenvalue weighted by Gasteiger charge is -2.03. The zero-order chi connectivity index (χ0) is 11.4. The molecule has 0 aliphatic rings. The van der Waals surface area contributed by atoms with Gasteiger partial charge in [-0.1, -0.05) is 12.1 Å². The Hall–Kier alpha value is -0.880. The highest BCUT2D eigenvalue weighted by Gasteiger charge is 1.96. The number of nitrogens with one attached hydrogen (secondary N) is 1. The summed E-state index contributed by atoms with van der Waals surface area (Å²) in [6, 6.07) is 8.55. The second-order valence-corrected chi connectivity index (χ2v) is 5.00. The normalized spacial score (nSPS) is 10.6. The summed E-state index contributed by atoms with van der Waals surface area (Å²) in [5.74, 6) is 0. The van der Waals surface area contributed by atoms with Gasteiger partial charge in [-0.15, -0.1) is 0 Å². The highest BCUT2D eigenvalue weighted by molar-refractivity contribution is 14.1. The molecule has 1 aromatic heterocycles. The minimum absolute atomic E-state index is 0.861. The van der Waals surface area contributed by atoms with Crippen molar-refractivity contribution in [2.45, 2.75) is 13.1 Å². The molecule has 0 atom stereocenters. The van der Waals surface area contributed by atoms with E-state index in [4.69, 9.17) is 0 Å². The van der Waals surface area contributed by atoms with Crippen molar-refractivity contribution in [3.8, 4) is 0 Å². The van der Waals surface area contributed by atoms with E-state index in [9.17, 15) is 0 Å². The highest BCUT2D eigenvalue weighted by Crippen LogP contribution is 2.06. The van der Waals surface area contributed by atoms with Crippen molar-refractivity contribution in [2.75, 3.05) is 0 Å². The van der Waals surface area contributed by atoms with Crippen LogP contribution < -0.4 is 5.32 Å². The molecule has 1 aromatic carbocycles. The molecule has 1 heterocycles. The Bertz CT molecular complexity index is 448. The van der Waals surface area contributed by atoms with E-state index in [0.29, 0.717) is 0 Å². The maximum absolute atomic E-state index is 4.13. The van der Waals surface area contributed by atoms with E-state index in [1.165, 1.54) is 14.7 Å². The number of aromatic nitrogens is 2. The molecule has 0 saturated heterocycles. The second kappa shape index (κ2) is 5.45. The van der Waals surface area contributed by atoms with Gasteiger partial charge in [0.25, 0.3) is 0 Å². The predicted molar refractivity (Wildman–Crippen MR) is 72.9 cm³/mol. The average molecular weight is 327 g/mol. The number of hydrogen-bond donors (Lipinski definition) is 1. The van der Waals surface area contributed by atoms with Gasteiger partial charge in [-0.05, 0) is 40.3 Å². The summed E-state index contributed by atoms with van der Waals surface area (Å²) < 4.78 is 3.09. The monoisotopic (exact) mass is 327 g/mol. The van der Waals surface area contributed by atoms with Gasteiger partial charge in [0.15, 0.2) is 0 Å². The van der Waals surface area contributed by atoms with Crippen LogP contribution in [-0.2, 0) is 20.1 Å². The van der Waals surface area contributed by atoms with E-state index >= 15 is 0 Å². The molecular weight excluding hydrogens is 313 g/mol. The summed E-state index contributed by atoms with van der Waals surface area (Å²) in [6.07, 6.45) is 3.92.